The average Bonchev–Trinajstić information content (AvgIpc) is 2.13. The van der Waals surface area contributed by atoms with Crippen molar-refractivity contribution in [1.29, 1.82) is 0 Å². The van der Waals surface area contributed by atoms with Crippen molar-refractivity contribution in [3.8, 4) is 0 Å². The van der Waals surface area contributed by atoms with E-state index in [0.29, 0.717) is 30.1 Å². The quantitative estimate of drug-likeness (QED) is 0.447. The maximum Gasteiger partial charge on any atom is 0.0418 e. The third-order valence-electron chi connectivity index (χ3n) is 2.51. The smallest absolute Gasteiger partial charge is 0.0418 e. The van der Waals surface area contributed by atoms with Crippen LogP contribution in [0.2, 0.25) is 0 Å². The predicted octanol–water partition coefficient (Wildman–Crippen LogP) is 4.84. The number of hydrogen-bond donors (Lipinski definition) is 0. The molecule has 0 bridgehead atoms. The topological polar surface area (TPSA) is 0 Å². The molecular weight excluding hydrogens is 496 g/mol. The molecule has 0 aromatic heterocycles. The number of hydrogen-bond acceptors (Lipinski definition) is 0. The Hall–Kier alpha value is 2.40. The van der Waals surface area contributed by atoms with E-state index in [9.17, 15) is 0 Å². The average molecular weight is 507 g/mol. The third kappa shape index (κ3) is 2.75. The second-order valence-electron chi connectivity index (χ2n) is 3.29. The highest BCUT2D eigenvalue weighted by atomic mass is 79.9. The van der Waals surface area contributed by atoms with E-state index >= 15 is 0 Å². The molecule has 0 aromatic rings. The van der Waals surface area contributed by atoms with Crippen molar-refractivity contribution in [3.05, 3.63) is 0 Å². The van der Waals surface area contributed by atoms with Crippen LogP contribution in [0.4, 0.5) is 0 Å². The van der Waals surface area contributed by atoms with Gasteiger partial charge in [-0.25, -0.2) is 0 Å². The SMILES string of the molecule is CCC1C(Br)C(Br)C(Br)C(Br)C1Br. The lowest BCUT2D eigenvalue weighted by molar-refractivity contribution is 0.413. The molecule has 0 aromatic carbocycles. The molecule has 5 heteroatoms. The van der Waals surface area contributed by atoms with Crippen molar-refractivity contribution in [2.45, 2.75) is 37.5 Å². The van der Waals surface area contributed by atoms with Gasteiger partial charge in [0.2, 0.25) is 0 Å². The summed E-state index contributed by atoms with van der Waals surface area (Å²) >= 11 is 18.7. The fraction of sp³-hybridized carbons (Fsp3) is 1.00. The first-order valence-corrected chi connectivity index (χ1v) is 8.78. The van der Waals surface area contributed by atoms with E-state index in [1.54, 1.807) is 0 Å². The summed E-state index contributed by atoms with van der Waals surface area (Å²) in [5.41, 5.74) is 0. The molecule has 4 unspecified atom stereocenters. The summed E-state index contributed by atoms with van der Waals surface area (Å²) in [7, 11) is 0. The third-order valence-corrected chi connectivity index (χ3v) is 11.3. The lowest BCUT2D eigenvalue weighted by Gasteiger charge is -2.42. The first-order valence-electron chi connectivity index (χ1n) is 4.21. The van der Waals surface area contributed by atoms with Gasteiger partial charge >= 0.3 is 0 Å². The van der Waals surface area contributed by atoms with Gasteiger partial charge in [-0.05, 0) is 5.92 Å². The van der Waals surface area contributed by atoms with Gasteiger partial charge in [-0.2, -0.15) is 0 Å². The maximum atomic E-state index is 3.76. The van der Waals surface area contributed by atoms with E-state index in [1.165, 1.54) is 6.42 Å². The van der Waals surface area contributed by atoms with Crippen LogP contribution in [0.25, 0.3) is 0 Å². The van der Waals surface area contributed by atoms with Crippen LogP contribution in [-0.2, 0) is 0 Å². The van der Waals surface area contributed by atoms with E-state index in [2.05, 4.69) is 86.6 Å². The zero-order valence-corrected chi connectivity index (χ0v) is 15.0. The van der Waals surface area contributed by atoms with Gasteiger partial charge in [0.05, 0.1) is 0 Å². The molecule has 1 aliphatic carbocycles. The lowest BCUT2D eigenvalue weighted by atomic mass is 9.87. The molecule has 13 heavy (non-hydrogen) atoms. The minimum Gasteiger partial charge on any atom is -0.0875 e. The van der Waals surface area contributed by atoms with Gasteiger partial charge < -0.3 is 0 Å². The number of alkyl halides is 5. The van der Waals surface area contributed by atoms with Crippen LogP contribution in [0.15, 0.2) is 0 Å². The Morgan fingerprint density at radius 3 is 1.31 bits per heavy atom. The molecule has 78 valence electrons. The Morgan fingerprint density at radius 2 is 1.00 bits per heavy atom. The first-order chi connectivity index (χ1) is 6.00. The van der Waals surface area contributed by atoms with Gasteiger partial charge in [0.15, 0.2) is 0 Å². The van der Waals surface area contributed by atoms with E-state index in [1.807, 2.05) is 0 Å². The van der Waals surface area contributed by atoms with Crippen LogP contribution in [-0.4, -0.2) is 24.1 Å². The summed E-state index contributed by atoms with van der Waals surface area (Å²) in [6.45, 7) is 2.24. The molecule has 0 heterocycles. The van der Waals surface area contributed by atoms with Gasteiger partial charge in [0, 0.05) is 24.1 Å². The molecule has 1 aliphatic rings. The Bertz CT molecular complexity index is 158. The highest BCUT2D eigenvalue weighted by Crippen LogP contribution is 2.45. The van der Waals surface area contributed by atoms with Gasteiger partial charge in [-0.15, -0.1) is 0 Å². The molecule has 1 rings (SSSR count). The monoisotopic (exact) mass is 502 g/mol. The van der Waals surface area contributed by atoms with Crippen molar-refractivity contribution < 1.29 is 0 Å². The van der Waals surface area contributed by atoms with E-state index in [-0.39, 0.29) is 0 Å². The van der Waals surface area contributed by atoms with Crippen LogP contribution in [0.3, 0.4) is 0 Å². The Labute approximate surface area is 122 Å². The first kappa shape index (κ1) is 13.5. The molecule has 4 atom stereocenters. The van der Waals surface area contributed by atoms with Crippen LogP contribution >= 0.6 is 79.6 Å². The standard InChI is InChI=1S/C8H11Br5/c1-2-3-4(9)6(11)8(13)7(12)5(3)10/h3-8H,2H2,1H3. The minimum absolute atomic E-state index is 0.462. The second-order valence-corrected chi connectivity index (χ2v) is 8.58. The lowest BCUT2D eigenvalue weighted by Crippen LogP contribution is -2.49. The molecule has 0 amide bonds. The second kappa shape index (κ2) is 5.65. The fourth-order valence-corrected chi connectivity index (χ4v) is 7.43. The molecule has 1 fully saturated rings. The van der Waals surface area contributed by atoms with E-state index in [0.717, 1.165) is 0 Å². The van der Waals surface area contributed by atoms with Crippen LogP contribution in [0, 0.1) is 5.92 Å². The van der Waals surface area contributed by atoms with Crippen molar-refractivity contribution in [2.24, 2.45) is 5.92 Å². The van der Waals surface area contributed by atoms with Crippen molar-refractivity contribution >= 4 is 79.6 Å². The zero-order chi connectivity index (χ0) is 10.2. The molecule has 0 saturated heterocycles. The van der Waals surface area contributed by atoms with Gasteiger partial charge in [-0.1, -0.05) is 93.0 Å². The summed E-state index contributed by atoms with van der Waals surface area (Å²) in [6.07, 6.45) is 1.19. The van der Waals surface area contributed by atoms with Crippen molar-refractivity contribution in [3.63, 3.8) is 0 Å². The molecule has 0 N–H and O–H groups in total. The summed E-state index contributed by atoms with van der Waals surface area (Å²) in [4.78, 5) is 2.48. The summed E-state index contributed by atoms with van der Waals surface area (Å²) in [6, 6.07) is 0. The molecule has 0 radical (unpaired) electrons. The fourth-order valence-electron chi connectivity index (χ4n) is 1.63. The highest BCUT2D eigenvalue weighted by molar-refractivity contribution is 9.15. The van der Waals surface area contributed by atoms with E-state index in [4.69, 9.17) is 0 Å². The summed E-state index contributed by atoms with van der Waals surface area (Å²) in [5.74, 6) is 0.669. The van der Waals surface area contributed by atoms with E-state index < -0.39 is 0 Å². The normalized spacial score (nSPS) is 52.2. The molecule has 0 aliphatic heterocycles. The molecular formula is C8H11Br5. The summed E-state index contributed by atoms with van der Waals surface area (Å²) in [5, 5.41) is 0. The van der Waals surface area contributed by atoms with Crippen molar-refractivity contribution in [1.82, 2.24) is 0 Å². The van der Waals surface area contributed by atoms with Gasteiger partial charge in [0.1, 0.15) is 0 Å². The Balaban J connectivity index is 2.79. The van der Waals surface area contributed by atoms with Crippen molar-refractivity contribution in [2.75, 3.05) is 0 Å². The minimum atomic E-state index is 0.462. The van der Waals surface area contributed by atoms with Crippen LogP contribution in [0.5, 0.6) is 0 Å². The Kier molecular flexibility index (Phi) is 5.85. The maximum absolute atomic E-state index is 3.76. The molecule has 1 saturated carbocycles. The number of rotatable bonds is 1. The molecule has 0 nitrogen and oxygen atoms in total. The van der Waals surface area contributed by atoms with Gasteiger partial charge in [-0.3, -0.25) is 0 Å². The van der Waals surface area contributed by atoms with Crippen LogP contribution in [0.1, 0.15) is 13.3 Å². The largest absolute Gasteiger partial charge is 0.0875 e. The molecule has 0 spiro atoms. The van der Waals surface area contributed by atoms with Gasteiger partial charge in [0.25, 0.3) is 0 Å². The predicted molar refractivity (Wildman–Crippen MR) is 77.4 cm³/mol. The van der Waals surface area contributed by atoms with Crippen LogP contribution < -0.4 is 0 Å². The summed E-state index contributed by atoms with van der Waals surface area (Å²) < 4.78 is 0. The highest BCUT2D eigenvalue weighted by Gasteiger charge is 2.45. The Morgan fingerprint density at radius 1 is 0.692 bits per heavy atom. The number of halogens is 5. The zero-order valence-electron chi connectivity index (χ0n) is 7.06.